The predicted molar refractivity (Wildman–Crippen MR) is 182 cm³/mol. The lowest BCUT2D eigenvalue weighted by atomic mass is 9.97. The quantitative estimate of drug-likeness (QED) is 0.127. The first-order chi connectivity index (χ1) is 22.0. The van der Waals surface area contributed by atoms with Crippen LogP contribution in [0.2, 0.25) is 0 Å². The fourth-order valence-electron chi connectivity index (χ4n) is 4.71. The molecule has 0 atom stereocenters. The second-order valence-electron chi connectivity index (χ2n) is 13.3. The zero-order chi connectivity index (χ0) is 34.8. The summed E-state index contributed by atoms with van der Waals surface area (Å²) in [5, 5.41) is 8.82. The number of carbonyl (C=O) groups is 4. The van der Waals surface area contributed by atoms with Gasteiger partial charge in [-0.05, 0) is 105 Å². The first-order valence-corrected chi connectivity index (χ1v) is 16.6. The van der Waals surface area contributed by atoms with Crippen molar-refractivity contribution in [2.75, 3.05) is 30.3 Å². The molecule has 0 spiro atoms. The summed E-state index contributed by atoms with van der Waals surface area (Å²) in [6.45, 7) is 16.3. The lowest BCUT2D eigenvalue weighted by molar-refractivity contribution is -0.149. The van der Waals surface area contributed by atoms with Crippen molar-refractivity contribution in [1.82, 2.24) is 15.2 Å². The van der Waals surface area contributed by atoms with Crippen molar-refractivity contribution in [2.24, 2.45) is 10.9 Å². The van der Waals surface area contributed by atoms with E-state index in [4.69, 9.17) is 19.2 Å². The molecular formula is C33H48N6O7S. The highest BCUT2D eigenvalue weighted by Gasteiger charge is 2.27. The van der Waals surface area contributed by atoms with Crippen molar-refractivity contribution in [1.29, 1.82) is 0 Å². The number of piperidine rings is 1. The number of nitrogens with one attached hydrogen (secondary N) is 3. The molecule has 3 amide bonds. The number of thiazole rings is 1. The zero-order valence-electron chi connectivity index (χ0n) is 28.7. The van der Waals surface area contributed by atoms with Crippen LogP contribution in [0.25, 0.3) is 0 Å². The van der Waals surface area contributed by atoms with Gasteiger partial charge < -0.3 is 24.8 Å². The lowest BCUT2D eigenvalue weighted by Gasteiger charge is -2.30. The number of likely N-dealkylation sites (tertiary alicyclic amines) is 1. The Hall–Kier alpha value is -4.04. The van der Waals surface area contributed by atoms with Crippen LogP contribution in [0.5, 0.6) is 0 Å². The van der Waals surface area contributed by atoms with Crippen molar-refractivity contribution >= 4 is 52.2 Å². The molecule has 0 unspecified atom stereocenters. The van der Waals surface area contributed by atoms with Gasteiger partial charge in [0.15, 0.2) is 5.13 Å². The smallest absolute Gasteiger partial charge is 0.437 e. The number of aromatic nitrogens is 1. The van der Waals surface area contributed by atoms with Gasteiger partial charge in [-0.15, -0.1) is 16.3 Å². The number of anilines is 2. The number of guanidine groups is 1. The number of hydrogen-bond donors (Lipinski definition) is 3. The predicted octanol–water partition coefficient (Wildman–Crippen LogP) is 5.89. The SMILES string of the molecule is CCOC(=O)C1CCN(Cc2sc(NC(C)=O)nc2CCc2ccc(N/C(=N/C(=O)OC(C)(C)C)NC(=O)OC(C)(C)C)cc2)CC1. The molecule has 2 aromatic rings. The number of nitrogens with zero attached hydrogens (tertiary/aromatic N) is 3. The van der Waals surface area contributed by atoms with E-state index in [1.165, 1.54) is 18.3 Å². The molecule has 2 heterocycles. The minimum absolute atomic E-state index is 0.0627. The number of amides is 3. The van der Waals surface area contributed by atoms with E-state index in [1.54, 1.807) is 41.5 Å². The summed E-state index contributed by atoms with van der Waals surface area (Å²) in [5.41, 5.74) is 1.03. The van der Waals surface area contributed by atoms with E-state index in [9.17, 15) is 19.2 Å². The summed E-state index contributed by atoms with van der Waals surface area (Å²) in [4.78, 5) is 60.7. The molecule has 1 aromatic heterocycles. The van der Waals surface area contributed by atoms with Gasteiger partial charge in [0.25, 0.3) is 0 Å². The van der Waals surface area contributed by atoms with E-state index in [-0.39, 0.29) is 23.8 Å². The third kappa shape index (κ3) is 13.7. The van der Waals surface area contributed by atoms with Crippen LogP contribution in [-0.4, -0.2) is 70.8 Å². The highest BCUT2D eigenvalue weighted by atomic mass is 32.1. The maximum absolute atomic E-state index is 12.4. The Labute approximate surface area is 280 Å². The molecule has 3 N–H and O–H groups in total. The summed E-state index contributed by atoms with van der Waals surface area (Å²) in [5.74, 6) is -0.492. The van der Waals surface area contributed by atoms with E-state index in [1.807, 2.05) is 31.2 Å². The normalized spacial score (nSPS) is 14.7. The van der Waals surface area contributed by atoms with Crippen LogP contribution in [-0.2, 0) is 43.2 Å². The van der Waals surface area contributed by atoms with Crippen LogP contribution in [0.1, 0.15) is 84.4 Å². The Morgan fingerprint density at radius 1 is 0.957 bits per heavy atom. The van der Waals surface area contributed by atoms with E-state index in [2.05, 4.69) is 25.8 Å². The van der Waals surface area contributed by atoms with Crippen LogP contribution in [0, 0.1) is 5.92 Å². The molecule has 1 aliphatic rings. The minimum Gasteiger partial charge on any atom is -0.466 e. The van der Waals surface area contributed by atoms with E-state index in [0.29, 0.717) is 36.8 Å². The van der Waals surface area contributed by atoms with Gasteiger partial charge in [0.1, 0.15) is 11.2 Å². The molecule has 258 valence electrons. The van der Waals surface area contributed by atoms with Crippen molar-refractivity contribution in [3.05, 3.63) is 40.4 Å². The first-order valence-electron chi connectivity index (χ1n) is 15.8. The largest absolute Gasteiger partial charge is 0.466 e. The van der Waals surface area contributed by atoms with Crippen molar-refractivity contribution in [2.45, 2.75) is 98.8 Å². The third-order valence-corrected chi connectivity index (χ3v) is 7.72. The summed E-state index contributed by atoms with van der Waals surface area (Å²) < 4.78 is 15.8. The molecule has 0 bridgehead atoms. The van der Waals surface area contributed by atoms with Gasteiger partial charge in [0, 0.05) is 24.0 Å². The van der Waals surface area contributed by atoms with Crippen LogP contribution in [0.15, 0.2) is 29.3 Å². The Bertz CT molecular complexity index is 1420. The summed E-state index contributed by atoms with van der Waals surface area (Å²) in [6, 6.07) is 7.49. The van der Waals surface area contributed by atoms with Gasteiger partial charge in [0.05, 0.1) is 18.2 Å². The monoisotopic (exact) mass is 672 g/mol. The molecule has 14 heteroatoms. The fraction of sp³-hybridized carbons (Fsp3) is 0.576. The molecule has 0 aliphatic carbocycles. The Morgan fingerprint density at radius 2 is 1.60 bits per heavy atom. The summed E-state index contributed by atoms with van der Waals surface area (Å²) >= 11 is 1.48. The van der Waals surface area contributed by atoms with E-state index >= 15 is 0 Å². The number of esters is 1. The van der Waals surface area contributed by atoms with Crippen LogP contribution >= 0.6 is 11.3 Å². The Balaban J connectivity index is 1.67. The van der Waals surface area contributed by atoms with Crippen molar-refractivity contribution in [3.63, 3.8) is 0 Å². The summed E-state index contributed by atoms with van der Waals surface area (Å²) in [6.07, 6.45) is 1.21. The van der Waals surface area contributed by atoms with Crippen LogP contribution in [0.3, 0.4) is 0 Å². The van der Waals surface area contributed by atoms with Crippen molar-refractivity contribution in [3.8, 4) is 0 Å². The topological polar surface area (TPSA) is 161 Å². The Kier molecular flexibility index (Phi) is 13.3. The second kappa shape index (κ2) is 16.7. The maximum atomic E-state index is 12.4. The average molecular weight is 673 g/mol. The van der Waals surface area contributed by atoms with Crippen molar-refractivity contribution < 1.29 is 33.4 Å². The van der Waals surface area contributed by atoms with E-state index in [0.717, 1.165) is 42.1 Å². The molecule has 1 fully saturated rings. The molecule has 1 aliphatic heterocycles. The van der Waals surface area contributed by atoms with Gasteiger partial charge in [-0.2, -0.15) is 0 Å². The number of carbonyl (C=O) groups excluding carboxylic acids is 4. The van der Waals surface area contributed by atoms with E-state index < -0.39 is 23.4 Å². The number of aryl methyl sites for hydroxylation is 2. The highest BCUT2D eigenvalue weighted by Crippen LogP contribution is 2.28. The minimum atomic E-state index is -0.867. The van der Waals surface area contributed by atoms with Gasteiger partial charge in [0.2, 0.25) is 11.9 Å². The number of alkyl carbamates (subject to hydrolysis) is 1. The highest BCUT2D eigenvalue weighted by molar-refractivity contribution is 7.15. The number of hydrogen-bond acceptors (Lipinski definition) is 10. The number of ether oxygens (including phenoxy) is 3. The van der Waals surface area contributed by atoms with Gasteiger partial charge in [-0.1, -0.05) is 12.1 Å². The lowest BCUT2D eigenvalue weighted by Crippen LogP contribution is -2.40. The van der Waals surface area contributed by atoms with Gasteiger partial charge >= 0.3 is 18.2 Å². The number of benzene rings is 1. The molecule has 13 nitrogen and oxygen atoms in total. The standard InChI is InChI=1S/C33H48N6O7S/c1-9-44-27(41)23-16-18-39(19-17-23)20-26-25(36-29(47-26)34-21(2)40)15-12-22-10-13-24(14-11-22)35-28(37-30(42)45-32(3,4)5)38-31(43)46-33(6,7)8/h10-11,13-14,23H,9,12,15-20H2,1-8H3,(H,34,36,40)(H2,35,37,38,42,43). The number of rotatable bonds is 9. The first kappa shape index (κ1) is 37.4. The maximum Gasteiger partial charge on any atom is 0.437 e. The van der Waals surface area contributed by atoms with Gasteiger partial charge in [-0.25, -0.2) is 14.6 Å². The molecule has 0 radical (unpaired) electrons. The molecule has 1 saturated heterocycles. The van der Waals surface area contributed by atoms with Crippen LogP contribution < -0.4 is 16.0 Å². The number of aliphatic imine (C=N–C) groups is 1. The second-order valence-corrected chi connectivity index (χ2v) is 14.3. The Morgan fingerprint density at radius 3 is 2.17 bits per heavy atom. The average Bonchev–Trinajstić information content (AvgIpc) is 3.30. The molecule has 3 rings (SSSR count). The molecule has 0 saturated carbocycles. The molecular weight excluding hydrogens is 624 g/mol. The zero-order valence-corrected chi connectivity index (χ0v) is 29.5. The third-order valence-electron chi connectivity index (χ3n) is 6.72. The summed E-state index contributed by atoms with van der Waals surface area (Å²) in [7, 11) is 0. The fourth-order valence-corrected chi connectivity index (χ4v) is 5.81. The van der Waals surface area contributed by atoms with Gasteiger partial charge in [-0.3, -0.25) is 19.8 Å². The molecule has 1 aromatic carbocycles. The molecule has 47 heavy (non-hydrogen) atoms. The van der Waals surface area contributed by atoms with Crippen LogP contribution in [0.4, 0.5) is 20.4 Å².